The average molecular weight is 275 g/mol. The van der Waals surface area contributed by atoms with Crippen molar-refractivity contribution in [2.24, 2.45) is 0 Å². The minimum Gasteiger partial charge on any atom is -0.495 e. The van der Waals surface area contributed by atoms with Crippen LogP contribution >= 0.6 is 11.3 Å². The van der Waals surface area contributed by atoms with Gasteiger partial charge in [0.2, 0.25) is 0 Å². The summed E-state index contributed by atoms with van der Waals surface area (Å²) < 4.78 is 18.4. The summed E-state index contributed by atoms with van der Waals surface area (Å²) in [6.45, 7) is 0. The Morgan fingerprint density at radius 3 is 2.89 bits per heavy atom. The number of methoxy groups -OCH3 is 1. The molecule has 2 heterocycles. The lowest BCUT2D eigenvalue weighted by atomic mass is 10.2. The Balaban J connectivity index is 2.24. The van der Waals surface area contributed by atoms with E-state index < -0.39 is 0 Å². The van der Waals surface area contributed by atoms with Crippen molar-refractivity contribution in [2.75, 3.05) is 12.8 Å². The van der Waals surface area contributed by atoms with Gasteiger partial charge in [0.05, 0.1) is 12.6 Å². The number of hydrogen-bond acceptors (Lipinski definition) is 5. The highest BCUT2D eigenvalue weighted by atomic mass is 32.1. The zero-order valence-electron chi connectivity index (χ0n) is 10.1. The van der Waals surface area contributed by atoms with Crippen LogP contribution in [0.2, 0.25) is 0 Å². The summed E-state index contributed by atoms with van der Waals surface area (Å²) in [4.78, 5) is 9.43. The molecule has 0 saturated carbocycles. The van der Waals surface area contributed by atoms with Crippen molar-refractivity contribution >= 4 is 28.1 Å². The summed E-state index contributed by atoms with van der Waals surface area (Å²) in [6, 6.07) is 6.12. The molecule has 2 N–H and O–H groups in total. The molecule has 0 aliphatic rings. The molecule has 0 saturated heterocycles. The van der Waals surface area contributed by atoms with E-state index in [1.807, 2.05) is 11.4 Å². The van der Waals surface area contributed by atoms with Gasteiger partial charge in [-0.2, -0.15) is 0 Å². The van der Waals surface area contributed by atoms with Gasteiger partial charge in [0.1, 0.15) is 22.3 Å². The lowest BCUT2D eigenvalue weighted by molar-refractivity contribution is 0.418. The zero-order valence-corrected chi connectivity index (χ0v) is 10.9. The average Bonchev–Trinajstić information content (AvgIpc) is 2.87. The summed E-state index contributed by atoms with van der Waals surface area (Å²) in [5.41, 5.74) is 6.48. The first-order valence-corrected chi connectivity index (χ1v) is 6.41. The Hall–Kier alpha value is -2.21. The number of rotatable bonds is 2. The predicted octanol–water partition coefficient (Wildman–Crippen LogP) is 3.09. The van der Waals surface area contributed by atoms with Gasteiger partial charge in [-0.25, -0.2) is 14.4 Å². The number of thiophene rings is 1. The molecule has 0 unspecified atom stereocenters. The van der Waals surface area contributed by atoms with Crippen molar-refractivity contribution in [3.05, 3.63) is 35.5 Å². The fourth-order valence-electron chi connectivity index (χ4n) is 1.85. The fourth-order valence-corrected chi connectivity index (χ4v) is 2.64. The highest BCUT2D eigenvalue weighted by Crippen LogP contribution is 2.34. The van der Waals surface area contributed by atoms with Gasteiger partial charge in [-0.3, -0.25) is 0 Å². The van der Waals surface area contributed by atoms with Crippen LogP contribution in [0.4, 0.5) is 10.2 Å². The lowest BCUT2D eigenvalue weighted by Gasteiger charge is -2.05. The number of halogens is 1. The maximum atomic E-state index is 13.2. The Bertz CT molecular complexity index is 757. The van der Waals surface area contributed by atoms with Gasteiger partial charge in [-0.05, 0) is 29.6 Å². The van der Waals surface area contributed by atoms with Gasteiger partial charge >= 0.3 is 0 Å². The van der Waals surface area contributed by atoms with E-state index in [0.717, 1.165) is 4.88 Å². The molecule has 0 spiro atoms. The lowest BCUT2D eigenvalue weighted by Crippen LogP contribution is -1.98. The van der Waals surface area contributed by atoms with E-state index in [4.69, 9.17) is 10.5 Å². The normalized spacial score (nSPS) is 10.8. The molecule has 0 fully saturated rings. The number of fused-ring (bicyclic) bond motifs is 1. The highest BCUT2D eigenvalue weighted by Gasteiger charge is 2.13. The molecule has 0 radical (unpaired) electrons. The molecular formula is C13H10FN3OS. The number of nitrogens with two attached hydrogens (primary N) is 1. The van der Waals surface area contributed by atoms with Gasteiger partial charge in [-0.15, -0.1) is 11.3 Å². The van der Waals surface area contributed by atoms with Crippen LogP contribution < -0.4 is 10.5 Å². The van der Waals surface area contributed by atoms with Crippen LogP contribution in [0.25, 0.3) is 21.6 Å². The molecule has 0 bridgehead atoms. The smallest absolute Gasteiger partial charge is 0.176 e. The number of ether oxygens (including phenoxy) is 1. The number of aromatic nitrogens is 2. The Morgan fingerprint density at radius 2 is 2.11 bits per heavy atom. The molecule has 0 amide bonds. The predicted molar refractivity (Wildman–Crippen MR) is 73.8 cm³/mol. The van der Waals surface area contributed by atoms with Crippen molar-refractivity contribution < 1.29 is 9.13 Å². The summed E-state index contributed by atoms with van der Waals surface area (Å²) in [5.74, 6) is 1.09. The summed E-state index contributed by atoms with van der Waals surface area (Å²) in [5, 5.41) is 2.40. The first kappa shape index (κ1) is 11.9. The third kappa shape index (κ3) is 2.00. The third-order valence-corrected chi connectivity index (χ3v) is 3.63. The van der Waals surface area contributed by atoms with Crippen molar-refractivity contribution in [3.8, 4) is 16.5 Å². The second kappa shape index (κ2) is 4.47. The van der Waals surface area contributed by atoms with Gasteiger partial charge in [-0.1, -0.05) is 0 Å². The second-order valence-corrected chi connectivity index (χ2v) is 4.83. The van der Waals surface area contributed by atoms with Crippen LogP contribution in [0, 0.1) is 5.82 Å². The largest absolute Gasteiger partial charge is 0.495 e. The third-order valence-electron chi connectivity index (χ3n) is 2.74. The van der Waals surface area contributed by atoms with E-state index >= 15 is 0 Å². The Morgan fingerprint density at radius 1 is 1.26 bits per heavy atom. The minimum absolute atomic E-state index is 0.259. The summed E-state index contributed by atoms with van der Waals surface area (Å²) >= 11 is 1.47. The van der Waals surface area contributed by atoms with Crippen LogP contribution in [0.15, 0.2) is 29.6 Å². The molecule has 96 valence electrons. The van der Waals surface area contributed by atoms with E-state index in [-0.39, 0.29) is 11.6 Å². The maximum absolute atomic E-state index is 13.2. The van der Waals surface area contributed by atoms with Crippen molar-refractivity contribution in [3.63, 3.8) is 0 Å². The molecular weight excluding hydrogens is 265 g/mol. The number of nitrogen functional groups attached to an aromatic ring is 1. The monoisotopic (exact) mass is 275 g/mol. The number of anilines is 1. The first-order valence-electron chi connectivity index (χ1n) is 5.53. The van der Waals surface area contributed by atoms with Crippen LogP contribution in [0.5, 0.6) is 5.75 Å². The van der Waals surface area contributed by atoms with Crippen molar-refractivity contribution in [2.45, 2.75) is 0 Å². The van der Waals surface area contributed by atoms with E-state index in [1.165, 1.54) is 23.5 Å². The van der Waals surface area contributed by atoms with Crippen LogP contribution in [-0.2, 0) is 0 Å². The standard InChI is InChI=1S/C13H10FN3OS/c1-18-10-4-5-19-11(10)13-16-9-3-2-7(14)6-8(9)12(15)17-13/h2-6H,1H3,(H2,15,16,17). The zero-order chi connectivity index (χ0) is 13.4. The minimum atomic E-state index is -0.357. The second-order valence-electron chi connectivity index (χ2n) is 3.91. The first-order chi connectivity index (χ1) is 9.19. The molecule has 19 heavy (non-hydrogen) atoms. The van der Waals surface area contributed by atoms with Crippen LogP contribution in [-0.4, -0.2) is 17.1 Å². The number of nitrogens with zero attached hydrogens (tertiary/aromatic N) is 2. The number of hydrogen-bond donors (Lipinski definition) is 1. The molecule has 0 atom stereocenters. The van der Waals surface area contributed by atoms with Crippen LogP contribution in [0.3, 0.4) is 0 Å². The summed E-state index contributed by atoms with van der Waals surface area (Å²) in [6.07, 6.45) is 0. The molecule has 6 heteroatoms. The summed E-state index contributed by atoms with van der Waals surface area (Å²) in [7, 11) is 1.59. The van der Waals surface area contributed by atoms with Crippen LogP contribution in [0.1, 0.15) is 0 Å². The quantitative estimate of drug-likeness (QED) is 0.780. The topological polar surface area (TPSA) is 61.0 Å². The Kier molecular flexibility index (Phi) is 2.79. The van der Waals surface area contributed by atoms with E-state index in [9.17, 15) is 4.39 Å². The SMILES string of the molecule is COc1ccsc1-c1nc(N)c2cc(F)ccc2n1. The van der Waals surface area contributed by atoms with Gasteiger partial charge in [0.25, 0.3) is 0 Å². The van der Waals surface area contributed by atoms with E-state index in [1.54, 1.807) is 13.2 Å². The Labute approximate surface area is 112 Å². The molecule has 3 aromatic rings. The van der Waals surface area contributed by atoms with Gasteiger partial charge in [0.15, 0.2) is 5.82 Å². The molecule has 2 aromatic heterocycles. The fraction of sp³-hybridized carbons (Fsp3) is 0.0769. The molecule has 1 aromatic carbocycles. The van der Waals surface area contributed by atoms with E-state index in [0.29, 0.717) is 22.5 Å². The number of benzene rings is 1. The van der Waals surface area contributed by atoms with Gasteiger partial charge < -0.3 is 10.5 Å². The molecule has 4 nitrogen and oxygen atoms in total. The van der Waals surface area contributed by atoms with Gasteiger partial charge in [0, 0.05) is 5.39 Å². The van der Waals surface area contributed by atoms with E-state index in [2.05, 4.69) is 9.97 Å². The maximum Gasteiger partial charge on any atom is 0.176 e. The van der Waals surface area contributed by atoms with Crippen molar-refractivity contribution in [1.82, 2.24) is 9.97 Å². The molecule has 3 rings (SSSR count). The molecule has 0 aliphatic heterocycles. The van der Waals surface area contributed by atoms with Crippen molar-refractivity contribution in [1.29, 1.82) is 0 Å². The molecule has 0 aliphatic carbocycles. The highest BCUT2D eigenvalue weighted by molar-refractivity contribution is 7.13.